The number of hydrogen-bond acceptors (Lipinski definition) is 5. The summed E-state index contributed by atoms with van der Waals surface area (Å²) < 4.78 is 10.4. The Morgan fingerprint density at radius 3 is 2.86 bits per heavy atom. The van der Waals surface area contributed by atoms with Gasteiger partial charge in [-0.2, -0.15) is 0 Å². The van der Waals surface area contributed by atoms with Crippen LogP contribution >= 0.6 is 0 Å². The molecule has 0 spiro atoms. The van der Waals surface area contributed by atoms with Crippen LogP contribution in [0.4, 0.5) is 0 Å². The lowest BCUT2D eigenvalue weighted by atomic mass is 10.3. The minimum absolute atomic E-state index is 0.539. The first-order chi connectivity index (χ1) is 10.2. The van der Waals surface area contributed by atoms with Gasteiger partial charge in [-0.15, -0.1) is 0 Å². The van der Waals surface area contributed by atoms with Crippen LogP contribution in [0.5, 0.6) is 0 Å². The van der Waals surface area contributed by atoms with E-state index in [-0.39, 0.29) is 0 Å². The summed E-state index contributed by atoms with van der Waals surface area (Å²) in [4.78, 5) is 8.96. The van der Waals surface area contributed by atoms with E-state index in [0.29, 0.717) is 5.96 Å². The van der Waals surface area contributed by atoms with Gasteiger partial charge in [0.05, 0.1) is 19.8 Å². The molecule has 0 aromatic rings. The van der Waals surface area contributed by atoms with Crippen LogP contribution in [-0.4, -0.2) is 95.6 Å². The molecule has 1 heterocycles. The Hall–Kier alpha value is -0.890. The van der Waals surface area contributed by atoms with Crippen molar-refractivity contribution in [3.63, 3.8) is 0 Å². The standard InChI is InChI=1S/C14H31N5O2/c1-18(8-11-20-2)7-5-17-14(15)16-4-3-6-19-9-12-21-13-10-19/h3-13H2,1-2H3,(H3,15,16,17). The van der Waals surface area contributed by atoms with Crippen molar-refractivity contribution in [1.82, 2.24) is 15.1 Å². The maximum Gasteiger partial charge on any atom is 0.188 e. The monoisotopic (exact) mass is 301 g/mol. The number of ether oxygens (including phenoxy) is 2. The van der Waals surface area contributed by atoms with E-state index in [9.17, 15) is 0 Å². The number of aliphatic imine (C=N–C) groups is 1. The molecule has 0 bridgehead atoms. The smallest absolute Gasteiger partial charge is 0.188 e. The van der Waals surface area contributed by atoms with E-state index >= 15 is 0 Å². The van der Waals surface area contributed by atoms with Crippen molar-refractivity contribution in [1.29, 1.82) is 0 Å². The molecule has 1 aliphatic rings. The van der Waals surface area contributed by atoms with E-state index in [1.165, 1.54) is 0 Å². The van der Waals surface area contributed by atoms with Crippen LogP contribution in [0.2, 0.25) is 0 Å². The van der Waals surface area contributed by atoms with Crippen LogP contribution in [0.25, 0.3) is 0 Å². The van der Waals surface area contributed by atoms with Crippen molar-refractivity contribution in [2.75, 3.05) is 79.8 Å². The Bertz CT molecular complexity index is 283. The quantitative estimate of drug-likeness (QED) is 0.312. The van der Waals surface area contributed by atoms with Crippen LogP contribution in [0.15, 0.2) is 4.99 Å². The van der Waals surface area contributed by atoms with Crippen molar-refractivity contribution in [2.45, 2.75) is 6.42 Å². The van der Waals surface area contributed by atoms with E-state index in [1.807, 2.05) is 0 Å². The molecule has 3 N–H and O–H groups in total. The number of hydrogen-bond donors (Lipinski definition) is 2. The fourth-order valence-electron chi connectivity index (χ4n) is 2.11. The normalized spacial score (nSPS) is 17.4. The average Bonchev–Trinajstić information content (AvgIpc) is 2.50. The molecule has 21 heavy (non-hydrogen) atoms. The molecule has 7 heteroatoms. The van der Waals surface area contributed by atoms with Crippen LogP contribution in [-0.2, 0) is 9.47 Å². The van der Waals surface area contributed by atoms with Gasteiger partial charge >= 0.3 is 0 Å². The number of nitrogens with one attached hydrogen (secondary N) is 1. The summed E-state index contributed by atoms with van der Waals surface area (Å²) in [7, 11) is 3.78. The van der Waals surface area contributed by atoms with E-state index in [2.05, 4.69) is 27.2 Å². The summed E-state index contributed by atoms with van der Waals surface area (Å²) >= 11 is 0. The van der Waals surface area contributed by atoms with E-state index < -0.39 is 0 Å². The lowest BCUT2D eigenvalue weighted by Gasteiger charge is -2.26. The van der Waals surface area contributed by atoms with Crippen molar-refractivity contribution in [3.8, 4) is 0 Å². The van der Waals surface area contributed by atoms with E-state index in [4.69, 9.17) is 15.2 Å². The van der Waals surface area contributed by atoms with Gasteiger partial charge in [0.25, 0.3) is 0 Å². The Morgan fingerprint density at radius 1 is 1.38 bits per heavy atom. The number of rotatable bonds is 10. The van der Waals surface area contributed by atoms with Gasteiger partial charge < -0.3 is 25.4 Å². The Balaban J connectivity index is 1.99. The summed E-state index contributed by atoms with van der Waals surface area (Å²) in [5.41, 5.74) is 5.84. The third kappa shape index (κ3) is 9.62. The Kier molecular flexibility index (Phi) is 10.1. The third-order valence-corrected chi connectivity index (χ3v) is 3.50. The van der Waals surface area contributed by atoms with Crippen molar-refractivity contribution in [2.24, 2.45) is 10.7 Å². The number of nitrogens with zero attached hydrogens (tertiary/aromatic N) is 3. The molecule has 0 saturated carbocycles. The van der Waals surface area contributed by atoms with Crippen molar-refractivity contribution >= 4 is 5.96 Å². The van der Waals surface area contributed by atoms with Crippen molar-refractivity contribution in [3.05, 3.63) is 0 Å². The Morgan fingerprint density at radius 2 is 2.14 bits per heavy atom. The SMILES string of the molecule is COCCN(C)CCNC(N)=NCCCN1CCOCC1. The maximum atomic E-state index is 5.84. The summed E-state index contributed by atoms with van der Waals surface area (Å²) in [6.45, 7) is 9.02. The van der Waals surface area contributed by atoms with Gasteiger partial charge in [-0.3, -0.25) is 9.89 Å². The van der Waals surface area contributed by atoms with Crippen LogP contribution < -0.4 is 11.1 Å². The largest absolute Gasteiger partial charge is 0.383 e. The lowest BCUT2D eigenvalue weighted by Crippen LogP contribution is -2.38. The third-order valence-electron chi connectivity index (χ3n) is 3.50. The van der Waals surface area contributed by atoms with Gasteiger partial charge in [-0.05, 0) is 13.5 Å². The molecule has 1 rings (SSSR count). The first-order valence-corrected chi connectivity index (χ1v) is 7.73. The number of methoxy groups -OCH3 is 1. The Labute approximate surface area is 128 Å². The molecule has 124 valence electrons. The predicted molar refractivity (Wildman–Crippen MR) is 85.7 cm³/mol. The van der Waals surface area contributed by atoms with Gasteiger partial charge in [-0.1, -0.05) is 0 Å². The van der Waals surface area contributed by atoms with Crippen LogP contribution in [0.3, 0.4) is 0 Å². The maximum absolute atomic E-state index is 5.84. The van der Waals surface area contributed by atoms with Crippen molar-refractivity contribution < 1.29 is 9.47 Å². The highest BCUT2D eigenvalue weighted by atomic mass is 16.5. The molecule has 1 fully saturated rings. The predicted octanol–water partition coefficient (Wildman–Crippen LogP) is -0.809. The molecule has 0 unspecified atom stereocenters. The molecule has 0 aromatic carbocycles. The first-order valence-electron chi connectivity index (χ1n) is 7.73. The molecule has 1 aliphatic heterocycles. The highest BCUT2D eigenvalue weighted by Gasteiger charge is 2.08. The molecule has 0 aliphatic carbocycles. The van der Waals surface area contributed by atoms with Gasteiger partial charge in [0.2, 0.25) is 0 Å². The van der Waals surface area contributed by atoms with Gasteiger partial charge in [0.1, 0.15) is 0 Å². The van der Waals surface area contributed by atoms with Gasteiger partial charge in [0, 0.05) is 52.9 Å². The highest BCUT2D eigenvalue weighted by molar-refractivity contribution is 5.77. The lowest BCUT2D eigenvalue weighted by molar-refractivity contribution is 0.0377. The second-order valence-electron chi connectivity index (χ2n) is 5.30. The average molecular weight is 301 g/mol. The number of nitrogens with two attached hydrogens (primary N) is 1. The first kappa shape index (κ1) is 18.2. The highest BCUT2D eigenvalue weighted by Crippen LogP contribution is 1.97. The molecular weight excluding hydrogens is 270 g/mol. The summed E-state index contributed by atoms with van der Waals surface area (Å²) in [5.74, 6) is 0.539. The second kappa shape index (κ2) is 11.7. The molecule has 0 radical (unpaired) electrons. The topological polar surface area (TPSA) is 75.3 Å². The molecule has 0 aromatic heterocycles. The zero-order valence-corrected chi connectivity index (χ0v) is 13.5. The fraction of sp³-hybridized carbons (Fsp3) is 0.929. The minimum Gasteiger partial charge on any atom is -0.383 e. The molecule has 7 nitrogen and oxygen atoms in total. The minimum atomic E-state index is 0.539. The summed E-state index contributed by atoms with van der Waals surface area (Å²) in [6, 6.07) is 0. The van der Waals surface area contributed by atoms with E-state index in [0.717, 1.165) is 72.1 Å². The van der Waals surface area contributed by atoms with Gasteiger partial charge in [-0.25, -0.2) is 0 Å². The second-order valence-corrected chi connectivity index (χ2v) is 5.30. The van der Waals surface area contributed by atoms with E-state index in [1.54, 1.807) is 7.11 Å². The van der Waals surface area contributed by atoms with Crippen LogP contribution in [0.1, 0.15) is 6.42 Å². The molecular formula is C14H31N5O2. The number of guanidine groups is 1. The zero-order chi connectivity index (χ0) is 15.3. The molecule has 0 atom stereocenters. The molecule has 1 saturated heterocycles. The number of likely N-dealkylation sites (N-methyl/N-ethyl adjacent to an activating group) is 1. The number of morpholine rings is 1. The fourth-order valence-corrected chi connectivity index (χ4v) is 2.11. The molecule has 0 amide bonds. The van der Waals surface area contributed by atoms with Crippen LogP contribution in [0, 0.1) is 0 Å². The van der Waals surface area contributed by atoms with Gasteiger partial charge in [0.15, 0.2) is 5.96 Å². The summed E-state index contributed by atoms with van der Waals surface area (Å²) in [5, 5.41) is 3.14. The summed E-state index contributed by atoms with van der Waals surface area (Å²) in [6.07, 6.45) is 1.04. The zero-order valence-electron chi connectivity index (χ0n) is 13.5.